The summed E-state index contributed by atoms with van der Waals surface area (Å²) < 4.78 is 0. The molecule has 0 radical (unpaired) electrons. The molecule has 1 aliphatic heterocycles. The second kappa shape index (κ2) is 3.96. The Morgan fingerprint density at radius 2 is 2.47 bits per heavy atom. The van der Waals surface area contributed by atoms with Crippen molar-refractivity contribution in [3.05, 3.63) is 29.1 Å². The number of carbonyl (C=O) groups is 1. The fourth-order valence-corrected chi connectivity index (χ4v) is 1.76. The molecule has 0 aromatic carbocycles. The van der Waals surface area contributed by atoms with E-state index in [1.54, 1.807) is 11.5 Å². The SMILES string of the molecule is CN1CCc2ncc(C(=O)NO)cc2C1. The largest absolute Gasteiger partial charge is 0.302 e. The lowest BCUT2D eigenvalue weighted by Crippen LogP contribution is -2.28. The van der Waals surface area contributed by atoms with Crippen LogP contribution in [-0.2, 0) is 13.0 Å². The van der Waals surface area contributed by atoms with Gasteiger partial charge in [0.05, 0.1) is 5.56 Å². The third kappa shape index (κ3) is 1.98. The third-order valence-electron chi connectivity index (χ3n) is 2.59. The zero-order valence-electron chi connectivity index (χ0n) is 8.53. The Bertz CT molecular complexity index is 392. The van der Waals surface area contributed by atoms with Crippen LogP contribution >= 0.6 is 0 Å². The third-order valence-corrected chi connectivity index (χ3v) is 2.59. The summed E-state index contributed by atoms with van der Waals surface area (Å²) in [6.45, 7) is 1.79. The van der Waals surface area contributed by atoms with Gasteiger partial charge in [-0.15, -0.1) is 0 Å². The van der Waals surface area contributed by atoms with Crippen molar-refractivity contribution in [2.24, 2.45) is 0 Å². The summed E-state index contributed by atoms with van der Waals surface area (Å²) in [5.74, 6) is -0.515. The van der Waals surface area contributed by atoms with Gasteiger partial charge in [-0.1, -0.05) is 0 Å². The molecule has 0 aliphatic carbocycles. The number of amides is 1. The van der Waals surface area contributed by atoms with E-state index in [0.29, 0.717) is 5.56 Å². The maximum atomic E-state index is 11.2. The highest BCUT2D eigenvalue weighted by atomic mass is 16.5. The summed E-state index contributed by atoms with van der Waals surface area (Å²) in [4.78, 5) is 17.6. The molecule has 1 aliphatic rings. The minimum absolute atomic E-state index is 0.395. The molecule has 1 aromatic heterocycles. The van der Waals surface area contributed by atoms with Crippen LogP contribution < -0.4 is 5.48 Å². The first-order chi connectivity index (χ1) is 7.20. The van der Waals surface area contributed by atoms with Gasteiger partial charge in [-0.05, 0) is 18.7 Å². The predicted octanol–water partition coefficient (Wildman–Crippen LogP) is 0.188. The molecule has 0 spiro atoms. The number of hydroxylamine groups is 1. The lowest BCUT2D eigenvalue weighted by molar-refractivity contribution is 0.0705. The Morgan fingerprint density at radius 1 is 1.67 bits per heavy atom. The van der Waals surface area contributed by atoms with E-state index in [2.05, 4.69) is 9.88 Å². The Hall–Kier alpha value is -1.46. The Labute approximate surface area is 87.7 Å². The molecule has 5 heteroatoms. The smallest absolute Gasteiger partial charge is 0.276 e. The Morgan fingerprint density at radius 3 is 3.20 bits per heavy atom. The minimum atomic E-state index is -0.515. The first-order valence-corrected chi connectivity index (χ1v) is 4.81. The van der Waals surface area contributed by atoms with E-state index >= 15 is 0 Å². The van der Waals surface area contributed by atoms with Gasteiger partial charge in [0.2, 0.25) is 0 Å². The van der Waals surface area contributed by atoms with Gasteiger partial charge in [0.15, 0.2) is 0 Å². The molecule has 0 saturated heterocycles. The van der Waals surface area contributed by atoms with Crippen LogP contribution in [0.4, 0.5) is 0 Å². The average Bonchev–Trinajstić information content (AvgIpc) is 2.27. The zero-order valence-corrected chi connectivity index (χ0v) is 8.53. The van der Waals surface area contributed by atoms with Gasteiger partial charge in [-0.25, -0.2) is 5.48 Å². The van der Waals surface area contributed by atoms with Gasteiger partial charge in [-0.2, -0.15) is 0 Å². The molecule has 0 atom stereocenters. The number of nitrogens with one attached hydrogen (secondary N) is 1. The average molecular weight is 207 g/mol. The first-order valence-electron chi connectivity index (χ1n) is 4.81. The van der Waals surface area contributed by atoms with Gasteiger partial charge in [0.1, 0.15) is 0 Å². The fraction of sp³-hybridized carbons (Fsp3) is 0.400. The van der Waals surface area contributed by atoms with Gasteiger partial charge in [-0.3, -0.25) is 15.0 Å². The molecule has 2 rings (SSSR count). The van der Waals surface area contributed by atoms with E-state index < -0.39 is 5.91 Å². The molecule has 0 fully saturated rings. The molecule has 2 heterocycles. The lowest BCUT2D eigenvalue weighted by Gasteiger charge is -2.24. The molecule has 0 bridgehead atoms. The summed E-state index contributed by atoms with van der Waals surface area (Å²) >= 11 is 0. The molecular weight excluding hydrogens is 194 g/mol. The molecule has 5 nitrogen and oxygen atoms in total. The van der Waals surface area contributed by atoms with Crippen LogP contribution in [0.2, 0.25) is 0 Å². The van der Waals surface area contributed by atoms with Crippen molar-refractivity contribution in [2.45, 2.75) is 13.0 Å². The van der Waals surface area contributed by atoms with Crippen molar-refractivity contribution >= 4 is 5.91 Å². The van der Waals surface area contributed by atoms with Crippen LogP contribution in [0.5, 0.6) is 0 Å². The topological polar surface area (TPSA) is 65.5 Å². The van der Waals surface area contributed by atoms with Crippen LogP contribution in [0.1, 0.15) is 21.6 Å². The summed E-state index contributed by atoms with van der Waals surface area (Å²) in [6, 6.07) is 1.78. The van der Waals surface area contributed by atoms with Crippen molar-refractivity contribution in [3.8, 4) is 0 Å². The Balaban J connectivity index is 2.32. The van der Waals surface area contributed by atoms with Crippen molar-refractivity contribution in [2.75, 3.05) is 13.6 Å². The van der Waals surface area contributed by atoms with E-state index in [0.717, 1.165) is 30.8 Å². The number of pyridine rings is 1. The second-order valence-corrected chi connectivity index (χ2v) is 3.76. The van der Waals surface area contributed by atoms with Crippen molar-refractivity contribution in [3.63, 3.8) is 0 Å². The standard InChI is InChI=1S/C10H13N3O2/c1-13-3-2-9-8(6-13)4-7(5-11-9)10(14)12-15/h4-5,15H,2-3,6H2,1H3,(H,12,14). The van der Waals surface area contributed by atoms with Crippen molar-refractivity contribution in [1.82, 2.24) is 15.4 Å². The monoisotopic (exact) mass is 207 g/mol. The molecule has 15 heavy (non-hydrogen) atoms. The van der Waals surface area contributed by atoms with Gasteiger partial charge >= 0.3 is 0 Å². The fourth-order valence-electron chi connectivity index (χ4n) is 1.76. The van der Waals surface area contributed by atoms with Crippen molar-refractivity contribution in [1.29, 1.82) is 0 Å². The van der Waals surface area contributed by atoms with Crippen molar-refractivity contribution < 1.29 is 10.0 Å². The zero-order chi connectivity index (χ0) is 10.8. The molecular formula is C10H13N3O2. The Kier molecular flexibility index (Phi) is 2.66. The number of aromatic nitrogens is 1. The predicted molar refractivity (Wildman–Crippen MR) is 53.5 cm³/mol. The molecule has 2 N–H and O–H groups in total. The number of carbonyl (C=O) groups excluding carboxylic acids is 1. The lowest BCUT2D eigenvalue weighted by atomic mass is 10.0. The highest BCUT2D eigenvalue weighted by Crippen LogP contribution is 2.16. The van der Waals surface area contributed by atoms with E-state index in [1.165, 1.54) is 6.20 Å². The molecule has 80 valence electrons. The summed E-state index contributed by atoms with van der Waals surface area (Å²) in [6.07, 6.45) is 2.41. The second-order valence-electron chi connectivity index (χ2n) is 3.76. The van der Waals surface area contributed by atoms with Gasteiger partial charge < -0.3 is 4.90 Å². The number of nitrogens with zero attached hydrogens (tertiary/aromatic N) is 2. The van der Waals surface area contributed by atoms with Crippen LogP contribution in [0.25, 0.3) is 0 Å². The van der Waals surface area contributed by atoms with Crippen LogP contribution in [-0.4, -0.2) is 34.6 Å². The minimum Gasteiger partial charge on any atom is -0.302 e. The maximum absolute atomic E-state index is 11.2. The molecule has 1 amide bonds. The van der Waals surface area contributed by atoms with E-state index in [-0.39, 0.29) is 0 Å². The summed E-state index contributed by atoms with van der Waals surface area (Å²) in [5.41, 5.74) is 4.11. The number of hydrogen-bond donors (Lipinski definition) is 2. The maximum Gasteiger partial charge on any atom is 0.276 e. The number of hydrogen-bond acceptors (Lipinski definition) is 4. The van der Waals surface area contributed by atoms with E-state index in [4.69, 9.17) is 5.21 Å². The van der Waals surface area contributed by atoms with Crippen LogP contribution in [0.15, 0.2) is 12.3 Å². The quantitative estimate of drug-likeness (QED) is 0.509. The summed E-state index contributed by atoms with van der Waals surface area (Å²) in [5, 5.41) is 8.51. The first kappa shape index (κ1) is 10.1. The van der Waals surface area contributed by atoms with Crippen LogP contribution in [0.3, 0.4) is 0 Å². The normalized spacial score (nSPS) is 15.9. The van der Waals surface area contributed by atoms with Crippen LogP contribution in [0, 0.1) is 0 Å². The highest BCUT2D eigenvalue weighted by molar-refractivity contribution is 5.93. The number of fused-ring (bicyclic) bond motifs is 1. The highest BCUT2D eigenvalue weighted by Gasteiger charge is 2.16. The summed E-state index contributed by atoms with van der Waals surface area (Å²) in [7, 11) is 2.03. The molecule has 1 aromatic rings. The van der Waals surface area contributed by atoms with E-state index in [1.807, 2.05) is 7.05 Å². The van der Waals surface area contributed by atoms with Gasteiger partial charge in [0.25, 0.3) is 5.91 Å². The molecule has 0 unspecified atom stereocenters. The van der Waals surface area contributed by atoms with E-state index in [9.17, 15) is 4.79 Å². The van der Waals surface area contributed by atoms with Gasteiger partial charge in [0, 0.05) is 31.4 Å². The number of rotatable bonds is 1. The molecule has 0 saturated carbocycles. The number of likely N-dealkylation sites (N-methyl/N-ethyl adjacent to an activating group) is 1.